The first kappa shape index (κ1) is 12.9. The largest absolute Gasteiger partial charge is 0.294 e. The van der Waals surface area contributed by atoms with Crippen molar-refractivity contribution in [3.05, 3.63) is 35.7 Å². The number of hydrogen-bond donors (Lipinski definition) is 0. The van der Waals surface area contributed by atoms with Gasteiger partial charge in [0, 0.05) is 24.6 Å². The average molecular weight is 297 g/mol. The zero-order valence-electron chi connectivity index (χ0n) is 13.2. The second-order valence-corrected chi connectivity index (χ2v) is 7.35. The summed E-state index contributed by atoms with van der Waals surface area (Å²) in [4.78, 5) is 15.7. The van der Waals surface area contributed by atoms with E-state index in [1.807, 2.05) is 11.1 Å². The SMILES string of the molecule is CCC12CCCN3CCC4=C(C31)N(C(=O)C2)N1C=CC=CC41. The molecule has 0 aromatic heterocycles. The van der Waals surface area contributed by atoms with E-state index in [0.717, 1.165) is 19.4 Å². The van der Waals surface area contributed by atoms with Crippen LogP contribution in [0.25, 0.3) is 0 Å². The standard InChI is InChI=1S/C18H23N3O/c1-2-18-8-5-9-19-11-7-13-14-6-3-4-10-20(14)21(15(22)12-18)16(13)17(18)19/h3-4,6,10,14,17H,2,5,7-9,11-12H2,1H3. The van der Waals surface area contributed by atoms with E-state index in [1.54, 1.807) is 0 Å². The highest BCUT2D eigenvalue weighted by molar-refractivity contribution is 5.82. The minimum atomic E-state index is 0.175. The topological polar surface area (TPSA) is 26.8 Å². The summed E-state index contributed by atoms with van der Waals surface area (Å²) >= 11 is 0. The quantitative estimate of drug-likeness (QED) is 0.744. The Hall–Kier alpha value is -1.55. The van der Waals surface area contributed by atoms with Gasteiger partial charge in [-0.1, -0.05) is 19.1 Å². The van der Waals surface area contributed by atoms with Crippen molar-refractivity contribution in [3.63, 3.8) is 0 Å². The van der Waals surface area contributed by atoms with Crippen molar-refractivity contribution in [1.82, 2.24) is 14.9 Å². The number of carbonyl (C=O) groups excluding carboxylic acids is 1. The monoisotopic (exact) mass is 297 g/mol. The molecule has 4 heteroatoms. The third-order valence-electron chi connectivity index (χ3n) is 6.51. The minimum absolute atomic E-state index is 0.175. The van der Waals surface area contributed by atoms with Gasteiger partial charge in [0.05, 0.1) is 17.8 Å². The summed E-state index contributed by atoms with van der Waals surface area (Å²) in [6.07, 6.45) is 13.9. The van der Waals surface area contributed by atoms with Crippen molar-refractivity contribution in [2.24, 2.45) is 5.41 Å². The van der Waals surface area contributed by atoms with Crippen LogP contribution in [0.4, 0.5) is 0 Å². The van der Waals surface area contributed by atoms with Crippen LogP contribution in [-0.4, -0.2) is 46.0 Å². The van der Waals surface area contributed by atoms with Crippen molar-refractivity contribution < 1.29 is 4.79 Å². The maximum absolute atomic E-state index is 13.0. The molecule has 5 heterocycles. The summed E-state index contributed by atoms with van der Waals surface area (Å²) in [5, 5.41) is 4.20. The second kappa shape index (κ2) is 4.25. The lowest BCUT2D eigenvalue weighted by Gasteiger charge is -2.56. The first-order chi connectivity index (χ1) is 10.7. The molecule has 0 spiro atoms. The van der Waals surface area contributed by atoms with Crippen LogP contribution in [0.3, 0.4) is 0 Å². The maximum Gasteiger partial charge on any atom is 0.246 e. The van der Waals surface area contributed by atoms with Crippen LogP contribution in [0.2, 0.25) is 0 Å². The molecule has 0 aromatic carbocycles. The van der Waals surface area contributed by atoms with Gasteiger partial charge in [0.1, 0.15) is 0 Å². The first-order valence-corrected chi connectivity index (χ1v) is 8.68. The van der Waals surface area contributed by atoms with E-state index in [2.05, 4.69) is 35.2 Å². The maximum atomic E-state index is 13.0. The predicted molar refractivity (Wildman–Crippen MR) is 84.3 cm³/mol. The van der Waals surface area contributed by atoms with Crippen LogP contribution in [0, 0.1) is 5.41 Å². The second-order valence-electron chi connectivity index (χ2n) is 7.35. The van der Waals surface area contributed by atoms with E-state index in [4.69, 9.17) is 0 Å². The van der Waals surface area contributed by atoms with Crippen LogP contribution in [0.15, 0.2) is 35.7 Å². The van der Waals surface area contributed by atoms with Crippen LogP contribution >= 0.6 is 0 Å². The molecule has 0 aromatic rings. The molecule has 2 fully saturated rings. The van der Waals surface area contributed by atoms with Crippen LogP contribution in [0.1, 0.15) is 39.0 Å². The number of fused-ring (bicyclic) bond motifs is 3. The Balaban J connectivity index is 1.70. The highest BCUT2D eigenvalue weighted by atomic mass is 16.2. The summed E-state index contributed by atoms with van der Waals surface area (Å²) in [6, 6.07) is 0.737. The average Bonchev–Trinajstić information content (AvgIpc) is 2.89. The lowest BCUT2D eigenvalue weighted by atomic mass is 9.64. The molecule has 2 saturated heterocycles. The van der Waals surface area contributed by atoms with E-state index in [0.29, 0.717) is 18.4 Å². The van der Waals surface area contributed by atoms with Gasteiger partial charge in [-0.2, -0.15) is 0 Å². The van der Waals surface area contributed by atoms with Gasteiger partial charge in [0.15, 0.2) is 0 Å². The third kappa shape index (κ3) is 1.40. The molecule has 5 aliphatic rings. The molecule has 0 N–H and O–H groups in total. The van der Waals surface area contributed by atoms with Gasteiger partial charge < -0.3 is 0 Å². The first-order valence-electron chi connectivity index (χ1n) is 8.68. The molecular weight excluding hydrogens is 274 g/mol. The molecule has 22 heavy (non-hydrogen) atoms. The normalized spacial score (nSPS) is 39.4. The molecule has 5 rings (SSSR count). The van der Waals surface area contributed by atoms with E-state index in [9.17, 15) is 4.79 Å². The fraction of sp³-hybridized carbons (Fsp3) is 0.611. The van der Waals surface area contributed by atoms with E-state index >= 15 is 0 Å². The van der Waals surface area contributed by atoms with Crippen LogP contribution in [-0.2, 0) is 4.79 Å². The number of amides is 1. The Morgan fingerprint density at radius 2 is 2.23 bits per heavy atom. The molecule has 0 bridgehead atoms. The van der Waals surface area contributed by atoms with Crippen molar-refractivity contribution in [1.29, 1.82) is 0 Å². The molecule has 0 saturated carbocycles. The molecule has 0 aliphatic carbocycles. The van der Waals surface area contributed by atoms with Gasteiger partial charge in [-0.15, -0.1) is 0 Å². The van der Waals surface area contributed by atoms with Crippen molar-refractivity contribution in [2.75, 3.05) is 13.1 Å². The van der Waals surface area contributed by atoms with Gasteiger partial charge in [0.25, 0.3) is 0 Å². The van der Waals surface area contributed by atoms with E-state index < -0.39 is 0 Å². The fourth-order valence-electron chi connectivity index (χ4n) is 5.51. The van der Waals surface area contributed by atoms with Gasteiger partial charge in [-0.05, 0) is 43.9 Å². The Labute approximate surface area is 131 Å². The summed E-state index contributed by atoms with van der Waals surface area (Å²) in [5.74, 6) is 0.303. The van der Waals surface area contributed by atoms with Crippen molar-refractivity contribution in [3.8, 4) is 0 Å². The highest BCUT2D eigenvalue weighted by Gasteiger charge is 2.58. The van der Waals surface area contributed by atoms with Crippen molar-refractivity contribution >= 4 is 5.91 Å². The van der Waals surface area contributed by atoms with Gasteiger partial charge >= 0.3 is 0 Å². The molecule has 3 atom stereocenters. The Morgan fingerprint density at radius 3 is 3.09 bits per heavy atom. The van der Waals surface area contributed by atoms with Crippen LogP contribution < -0.4 is 0 Å². The van der Waals surface area contributed by atoms with Crippen molar-refractivity contribution in [2.45, 2.75) is 51.1 Å². The summed E-state index contributed by atoms with van der Waals surface area (Å²) < 4.78 is 0. The molecule has 3 unspecified atom stereocenters. The summed E-state index contributed by atoms with van der Waals surface area (Å²) in [5.41, 5.74) is 3.01. The Morgan fingerprint density at radius 1 is 1.32 bits per heavy atom. The van der Waals surface area contributed by atoms with E-state index in [-0.39, 0.29) is 11.5 Å². The highest BCUT2D eigenvalue weighted by Crippen LogP contribution is 2.55. The smallest absolute Gasteiger partial charge is 0.246 e. The number of hydrogen-bond acceptors (Lipinski definition) is 3. The van der Waals surface area contributed by atoms with Crippen LogP contribution in [0.5, 0.6) is 0 Å². The zero-order valence-corrected chi connectivity index (χ0v) is 13.2. The third-order valence-corrected chi connectivity index (χ3v) is 6.51. The Kier molecular flexibility index (Phi) is 2.50. The number of allylic oxidation sites excluding steroid dienone is 2. The number of rotatable bonds is 1. The zero-order chi connectivity index (χ0) is 14.9. The minimum Gasteiger partial charge on any atom is -0.294 e. The van der Waals surface area contributed by atoms with Gasteiger partial charge in [-0.25, -0.2) is 5.01 Å². The molecule has 1 amide bonds. The van der Waals surface area contributed by atoms with Gasteiger partial charge in [0.2, 0.25) is 5.91 Å². The number of piperidine rings is 2. The number of nitrogens with zero attached hydrogens (tertiary/aromatic N) is 3. The number of carbonyl (C=O) groups is 1. The molecular formula is C18H23N3O. The molecule has 4 nitrogen and oxygen atoms in total. The van der Waals surface area contributed by atoms with Gasteiger partial charge in [-0.3, -0.25) is 14.7 Å². The fourth-order valence-corrected chi connectivity index (χ4v) is 5.51. The lowest BCUT2D eigenvalue weighted by molar-refractivity contribution is -0.154. The Bertz CT molecular complexity index is 634. The summed E-state index contributed by atoms with van der Waals surface area (Å²) in [6.45, 7) is 4.64. The number of hydrazine groups is 1. The predicted octanol–water partition coefficient (Wildman–Crippen LogP) is 2.42. The molecule has 0 radical (unpaired) electrons. The summed E-state index contributed by atoms with van der Waals surface area (Å²) in [7, 11) is 0. The lowest BCUT2D eigenvalue weighted by Crippen LogP contribution is -2.63. The molecule has 116 valence electrons. The molecule has 5 aliphatic heterocycles. The van der Waals surface area contributed by atoms with E-state index in [1.165, 1.54) is 30.7 Å².